The Labute approximate surface area is 198 Å². The maximum absolute atomic E-state index is 12.9. The molecular formula is C21H22ClN7O3S. The van der Waals surface area contributed by atoms with Crippen molar-refractivity contribution in [3.05, 3.63) is 40.2 Å². The average molecular weight is 488 g/mol. The number of halogens is 1. The largest absolute Gasteiger partial charge is 0.353 e. The number of hydrogen-bond acceptors (Lipinski definition) is 8. The van der Waals surface area contributed by atoms with Gasteiger partial charge in [-0.2, -0.15) is 4.98 Å². The quantitative estimate of drug-likeness (QED) is 0.510. The summed E-state index contributed by atoms with van der Waals surface area (Å²) in [5.41, 5.74) is 0.413. The number of nitrogens with zero attached hydrogens (tertiary/aromatic N) is 5. The molecule has 1 aliphatic heterocycles. The summed E-state index contributed by atoms with van der Waals surface area (Å²) in [4.78, 5) is 52.4. The molecule has 1 saturated carbocycles. The van der Waals surface area contributed by atoms with Crippen molar-refractivity contribution in [2.45, 2.75) is 38.3 Å². The first kappa shape index (κ1) is 21.8. The Kier molecular flexibility index (Phi) is 5.98. The number of thiazole rings is 1. The summed E-state index contributed by atoms with van der Waals surface area (Å²) in [6.07, 6.45) is 6.52. The van der Waals surface area contributed by atoms with Gasteiger partial charge < -0.3 is 15.5 Å². The molecule has 0 atom stereocenters. The molecule has 0 bridgehead atoms. The third-order valence-corrected chi connectivity index (χ3v) is 7.17. The molecule has 3 aromatic heterocycles. The standard InChI is InChI=1S/C21H22ClN7O3S/c22-17-14(2-1-7-23-17)26-15(30)10-29-11-24-18-16(20(29)32)33-21(27-18)28-8-5-12(6-9-28)19(31)25-13-3-4-13/h1-2,7,11-13H,3-6,8-10H2,(H,25,31)(H,26,30). The molecule has 10 nitrogen and oxygen atoms in total. The minimum atomic E-state index is -0.413. The van der Waals surface area contributed by atoms with E-state index in [1.807, 2.05) is 0 Å². The van der Waals surface area contributed by atoms with Crippen molar-refractivity contribution in [1.82, 2.24) is 24.8 Å². The molecule has 4 heterocycles. The number of nitrogens with one attached hydrogen (secondary N) is 2. The number of fused-ring (bicyclic) bond motifs is 1. The smallest absolute Gasteiger partial charge is 0.273 e. The van der Waals surface area contributed by atoms with Gasteiger partial charge in [-0.3, -0.25) is 19.0 Å². The van der Waals surface area contributed by atoms with Crippen molar-refractivity contribution in [3.63, 3.8) is 0 Å². The number of rotatable bonds is 6. The summed E-state index contributed by atoms with van der Waals surface area (Å²) >= 11 is 7.23. The Morgan fingerprint density at radius 2 is 1.97 bits per heavy atom. The predicted octanol–water partition coefficient (Wildman–Crippen LogP) is 2.04. The van der Waals surface area contributed by atoms with Crippen molar-refractivity contribution in [3.8, 4) is 0 Å². The average Bonchev–Trinajstić information content (AvgIpc) is 3.52. The zero-order valence-electron chi connectivity index (χ0n) is 17.7. The summed E-state index contributed by atoms with van der Waals surface area (Å²) in [6, 6.07) is 3.66. The number of pyridine rings is 1. The summed E-state index contributed by atoms with van der Waals surface area (Å²) < 4.78 is 1.64. The predicted molar refractivity (Wildman–Crippen MR) is 126 cm³/mol. The summed E-state index contributed by atoms with van der Waals surface area (Å²) in [7, 11) is 0. The number of aromatic nitrogens is 4. The van der Waals surface area contributed by atoms with Gasteiger partial charge >= 0.3 is 0 Å². The molecule has 12 heteroatoms. The highest BCUT2D eigenvalue weighted by molar-refractivity contribution is 7.22. The lowest BCUT2D eigenvalue weighted by atomic mass is 9.96. The topological polar surface area (TPSA) is 122 Å². The van der Waals surface area contributed by atoms with E-state index in [1.165, 1.54) is 28.4 Å². The van der Waals surface area contributed by atoms with Crippen molar-refractivity contribution in [2.75, 3.05) is 23.3 Å². The van der Waals surface area contributed by atoms with E-state index in [1.54, 1.807) is 12.1 Å². The van der Waals surface area contributed by atoms with Gasteiger partial charge in [-0.25, -0.2) is 9.97 Å². The number of piperidine rings is 1. The van der Waals surface area contributed by atoms with Crippen LogP contribution in [-0.2, 0) is 16.1 Å². The van der Waals surface area contributed by atoms with Crippen molar-refractivity contribution in [1.29, 1.82) is 0 Å². The zero-order chi connectivity index (χ0) is 22.9. The fourth-order valence-electron chi connectivity index (χ4n) is 3.79. The van der Waals surface area contributed by atoms with Gasteiger partial charge in [0, 0.05) is 31.2 Å². The van der Waals surface area contributed by atoms with Crippen LogP contribution in [0.15, 0.2) is 29.5 Å². The van der Waals surface area contributed by atoms with Crippen LogP contribution in [0, 0.1) is 5.92 Å². The van der Waals surface area contributed by atoms with E-state index in [2.05, 4.69) is 30.5 Å². The number of carbonyl (C=O) groups excluding carboxylic acids is 2. The van der Waals surface area contributed by atoms with Crippen molar-refractivity contribution in [2.24, 2.45) is 5.92 Å². The van der Waals surface area contributed by atoms with Gasteiger partial charge in [-0.1, -0.05) is 22.9 Å². The lowest BCUT2D eigenvalue weighted by molar-refractivity contribution is -0.125. The SMILES string of the molecule is O=C(Cn1cnc2nc(N3CCC(C(=O)NC4CC4)CC3)sc2c1=O)Nc1cccnc1Cl. The first-order valence-electron chi connectivity index (χ1n) is 10.8. The highest BCUT2D eigenvalue weighted by Gasteiger charge is 2.30. The van der Waals surface area contributed by atoms with Crippen molar-refractivity contribution < 1.29 is 9.59 Å². The maximum atomic E-state index is 12.9. The van der Waals surface area contributed by atoms with Gasteiger partial charge in [0.25, 0.3) is 5.56 Å². The molecule has 2 aliphatic rings. The van der Waals surface area contributed by atoms with E-state index in [0.717, 1.165) is 25.7 Å². The summed E-state index contributed by atoms with van der Waals surface area (Å²) in [5.74, 6) is -0.236. The Bertz CT molecular complexity index is 1260. The molecule has 5 rings (SSSR count). The van der Waals surface area contributed by atoms with E-state index in [4.69, 9.17) is 11.6 Å². The van der Waals surface area contributed by atoms with Gasteiger partial charge in [0.15, 0.2) is 15.9 Å². The zero-order valence-corrected chi connectivity index (χ0v) is 19.2. The number of carbonyl (C=O) groups is 2. The van der Waals surface area contributed by atoms with Crippen LogP contribution >= 0.6 is 22.9 Å². The van der Waals surface area contributed by atoms with Crippen molar-refractivity contribution >= 4 is 55.9 Å². The Balaban J connectivity index is 1.26. The highest BCUT2D eigenvalue weighted by Crippen LogP contribution is 2.30. The molecule has 2 fully saturated rings. The Morgan fingerprint density at radius 3 is 2.70 bits per heavy atom. The van der Waals surface area contributed by atoms with Gasteiger partial charge in [-0.15, -0.1) is 0 Å². The van der Waals surface area contributed by atoms with E-state index >= 15 is 0 Å². The van der Waals surface area contributed by atoms with Crippen LogP contribution in [0.1, 0.15) is 25.7 Å². The Hall–Kier alpha value is -3.05. The third kappa shape index (κ3) is 4.83. The van der Waals surface area contributed by atoms with Crippen LogP contribution in [0.25, 0.3) is 10.3 Å². The van der Waals surface area contributed by atoms with E-state index < -0.39 is 5.91 Å². The molecule has 0 radical (unpaired) electrons. The normalized spacial score (nSPS) is 16.7. The number of anilines is 2. The molecule has 0 aromatic carbocycles. The molecular weight excluding hydrogens is 466 g/mol. The van der Waals surface area contributed by atoms with Crippen LogP contribution in [0.3, 0.4) is 0 Å². The molecule has 3 aromatic rings. The molecule has 172 valence electrons. The van der Waals surface area contributed by atoms with Crippen LogP contribution in [0.4, 0.5) is 10.8 Å². The summed E-state index contributed by atoms with van der Waals surface area (Å²) in [6.45, 7) is 1.19. The monoisotopic (exact) mass is 487 g/mol. The second kappa shape index (κ2) is 9.06. The van der Waals surface area contributed by atoms with E-state index in [0.29, 0.717) is 40.3 Å². The molecule has 1 saturated heterocycles. The highest BCUT2D eigenvalue weighted by atomic mass is 35.5. The fraction of sp³-hybridized carbons (Fsp3) is 0.429. The second-order valence-corrected chi connectivity index (χ2v) is 9.60. The second-order valence-electron chi connectivity index (χ2n) is 8.26. The molecule has 33 heavy (non-hydrogen) atoms. The fourth-order valence-corrected chi connectivity index (χ4v) is 4.97. The minimum absolute atomic E-state index is 0.0263. The van der Waals surface area contributed by atoms with E-state index in [-0.39, 0.29) is 29.1 Å². The lowest BCUT2D eigenvalue weighted by Gasteiger charge is -2.30. The van der Waals surface area contributed by atoms with Gasteiger partial charge in [0.1, 0.15) is 17.6 Å². The van der Waals surface area contributed by atoms with Crippen LogP contribution < -0.4 is 21.1 Å². The van der Waals surface area contributed by atoms with Crippen LogP contribution in [0.5, 0.6) is 0 Å². The number of amides is 2. The Morgan fingerprint density at radius 1 is 1.18 bits per heavy atom. The number of hydrogen-bond donors (Lipinski definition) is 2. The molecule has 0 unspecified atom stereocenters. The third-order valence-electron chi connectivity index (χ3n) is 5.78. The van der Waals surface area contributed by atoms with Gasteiger partial charge in [0.05, 0.1) is 5.69 Å². The maximum Gasteiger partial charge on any atom is 0.273 e. The molecule has 1 aliphatic carbocycles. The van der Waals surface area contributed by atoms with Gasteiger partial charge in [0.2, 0.25) is 11.8 Å². The first-order valence-corrected chi connectivity index (χ1v) is 12.0. The van der Waals surface area contributed by atoms with E-state index in [9.17, 15) is 14.4 Å². The lowest BCUT2D eigenvalue weighted by Crippen LogP contribution is -2.41. The van der Waals surface area contributed by atoms with Gasteiger partial charge in [-0.05, 0) is 37.8 Å². The minimum Gasteiger partial charge on any atom is -0.353 e. The molecule has 0 spiro atoms. The van der Waals surface area contributed by atoms with Crippen LogP contribution in [0.2, 0.25) is 5.15 Å². The molecule has 2 amide bonds. The van der Waals surface area contributed by atoms with Crippen LogP contribution in [-0.4, -0.2) is 50.5 Å². The first-order chi connectivity index (χ1) is 16.0. The summed E-state index contributed by atoms with van der Waals surface area (Å²) in [5, 5.41) is 6.61. The molecule has 2 N–H and O–H groups in total.